The van der Waals surface area contributed by atoms with Crippen molar-refractivity contribution in [2.75, 3.05) is 0 Å². The van der Waals surface area contributed by atoms with Crippen LogP contribution < -0.4 is 0 Å². The lowest BCUT2D eigenvalue weighted by Gasteiger charge is -2.02. The van der Waals surface area contributed by atoms with Crippen LogP contribution in [0.1, 0.15) is 16.7 Å². The maximum Gasteiger partial charge on any atom is -0.0276 e. The predicted octanol–water partition coefficient (Wildman–Crippen LogP) is 2.68. The summed E-state index contributed by atoms with van der Waals surface area (Å²) in [6, 6.07) is 6.48. The van der Waals surface area contributed by atoms with E-state index in [1.165, 1.54) is 16.7 Å². The second-order valence-electron chi connectivity index (χ2n) is 2.68. The van der Waals surface area contributed by atoms with E-state index in [0.29, 0.717) is 0 Å². The molecule has 0 unspecified atom stereocenters. The van der Waals surface area contributed by atoms with E-state index in [0.717, 1.165) is 6.42 Å². The molecule has 0 nitrogen and oxygen atoms in total. The largest absolute Gasteiger partial charge is 0.0590 e. The molecule has 0 spiro atoms. The van der Waals surface area contributed by atoms with E-state index >= 15 is 0 Å². The van der Waals surface area contributed by atoms with Crippen LogP contribution in [0.3, 0.4) is 0 Å². The lowest BCUT2D eigenvalue weighted by Crippen LogP contribution is -1.86. The molecule has 0 saturated carbocycles. The van der Waals surface area contributed by atoms with Crippen LogP contribution in [0.5, 0.6) is 0 Å². The third-order valence-corrected chi connectivity index (χ3v) is 1.77. The Morgan fingerprint density at radius 3 is 2.50 bits per heavy atom. The molecule has 0 aliphatic carbocycles. The number of benzene rings is 1. The van der Waals surface area contributed by atoms with Crippen LogP contribution in [0.2, 0.25) is 0 Å². The smallest absolute Gasteiger partial charge is 0.0276 e. The standard InChI is InChI=1S/C10H13/c1-4-10-6-5-8(2)7-9(10)3/h5-7H,1,4H2,2-3H3. The van der Waals surface area contributed by atoms with Gasteiger partial charge in [-0.05, 0) is 38.3 Å². The normalized spacial score (nSPS) is 9.90. The Morgan fingerprint density at radius 1 is 1.30 bits per heavy atom. The van der Waals surface area contributed by atoms with Crippen molar-refractivity contribution in [3.8, 4) is 0 Å². The summed E-state index contributed by atoms with van der Waals surface area (Å²) >= 11 is 0. The van der Waals surface area contributed by atoms with Gasteiger partial charge in [-0.3, -0.25) is 0 Å². The van der Waals surface area contributed by atoms with Gasteiger partial charge in [0.1, 0.15) is 0 Å². The van der Waals surface area contributed by atoms with Crippen molar-refractivity contribution >= 4 is 0 Å². The van der Waals surface area contributed by atoms with Crippen molar-refractivity contribution < 1.29 is 0 Å². The first-order valence-electron chi connectivity index (χ1n) is 3.59. The predicted molar refractivity (Wildman–Crippen MR) is 45.0 cm³/mol. The molecule has 0 heteroatoms. The molecule has 0 amide bonds. The van der Waals surface area contributed by atoms with Gasteiger partial charge in [0.05, 0.1) is 0 Å². The van der Waals surface area contributed by atoms with Gasteiger partial charge in [-0.25, -0.2) is 0 Å². The van der Waals surface area contributed by atoms with Gasteiger partial charge in [-0.1, -0.05) is 23.8 Å². The highest BCUT2D eigenvalue weighted by atomic mass is 14.0. The summed E-state index contributed by atoms with van der Waals surface area (Å²) in [6.45, 7) is 8.09. The molecule has 0 aliphatic rings. The zero-order valence-corrected chi connectivity index (χ0v) is 6.65. The molecule has 53 valence electrons. The third kappa shape index (κ3) is 1.38. The molecule has 0 atom stereocenters. The highest BCUT2D eigenvalue weighted by molar-refractivity contribution is 5.30. The molecule has 0 aromatic heterocycles. The Balaban J connectivity index is 3.07. The van der Waals surface area contributed by atoms with E-state index in [1.54, 1.807) is 0 Å². The summed E-state index contributed by atoms with van der Waals surface area (Å²) in [4.78, 5) is 0. The summed E-state index contributed by atoms with van der Waals surface area (Å²) in [7, 11) is 0. The molecule has 0 N–H and O–H groups in total. The summed E-state index contributed by atoms with van der Waals surface area (Å²) in [5.74, 6) is 0. The maximum absolute atomic E-state index is 3.85. The minimum atomic E-state index is 0.895. The third-order valence-electron chi connectivity index (χ3n) is 1.77. The molecule has 1 aromatic carbocycles. The molecule has 0 fully saturated rings. The summed E-state index contributed by atoms with van der Waals surface area (Å²) < 4.78 is 0. The number of rotatable bonds is 1. The maximum atomic E-state index is 3.85. The molecule has 1 rings (SSSR count). The van der Waals surface area contributed by atoms with Gasteiger partial charge in [-0.15, -0.1) is 0 Å². The summed E-state index contributed by atoms with van der Waals surface area (Å²) in [6.07, 6.45) is 0.895. The fourth-order valence-electron chi connectivity index (χ4n) is 1.13. The SMILES string of the molecule is [CH2]Cc1ccc(C)cc1C. The van der Waals surface area contributed by atoms with Gasteiger partial charge in [0.25, 0.3) is 0 Å². The first kappa shape index (κ1) is 7.33. The van der Waals surface area contributed by atoms with E-state index in [1.807, 2.05) is 0 Å². The number of aryl methyl sites for hydroxylation is 2. The van der Waals surface area contributed by atoms with Gasteiger partial charge in [0.2, 0.25) is 0 Å². The van der Waals surface area contributed by atoms with Crippen LogP contribution in [0.4, 0.5) is 0 Å². The molecular formula is C10H13. The van der Waals surface area contributed by atoms with Crippen LogP contribution in [-0.4, -0.2) is 0 Å². The van der Waals surface area contributed by atoms with E-state index in [9.17, 15) is 0 Å². The van der Waals surface area contributed by atoms with Crippen molar-refractivity contribution in [1.82, 2.24) is 0 Å². The molecule has 0 saturated heterocycles. The molecule has 0 bridgehead atoms. The van der Waals surface area contributed by atoms with Gasteiger partial charge < -0.3 is 0 Å². The zero-order chi connectivity index (χ0) is 7.56. The van der Waals surface area contributed by atoms with E-state index in [2.05, 4.69) is 39.0 Å². The van der Waals surface area contributed by atoms with Crippen LogP contribution in [0, 0.1) is 20.8 Å². The van der Waals surface area contributed by atoms with Gasteiger partial charge >= 0.3 is 0 Å². The second-order valence-corrected chi connectivity index (χ2v) is 2.68. The first-order valence-corrected chi connectivity index (χ1v) is 3.59. The minimum Gasteiger partial charge on any atom is -0.0590 e. The van der Waals surface area contributed by atoms with Crippen molar-refractivity contribution in [3.63, 3.8) is 0 Å². The fraction of sp³-hybridized carbons (Fsp3) is 0.300. The Hall–Kier alpha value is -0.780. The Bertz CT molecular complexity index is 223. The monoisotopic (exact) mass is 133 g/mol. The van der Waals surface area contributed by atoms with Crippen molar-refractivity contribution in [2.45, 2.75) is 20.3 Å². The van der Waals surface area contributed by atoms with Crippen LogP contribution in [0.25, 0.3) is 0 Å². The van der Waals surface area contributed by atoms with E-state index in [4.69, 9.17) is 0 Å². The van der Waals surface area contributed by atoms with Gasteiger partial charge in [0.15, 0.2) is 0 Å². The van der Waals surface area contributed by atoms with Crippen LogP contribution in [-0.2, 0) is 6.42 Å². The molecule has 0 aliphatic heterocycles. The molecule has 0 heterocycles. The molecule has 10 heavy (non-hydrogen) atoms. The topological polar surface area (TPSA) is 0 Å². The average Bonchev–Trinajstić information content (AvgIpc) is 1.88. The lowest BCUT2D eigenvalue weighted by molar-refractivity contribution is 1.20. The van der Waals surface area contributed by atoms with Crippen LogP contribution in [0.15, 0.2) is 18.2 Å². The van der Waals surface area contributed by atoms with Crippen molar-refractivity contribution in [3.05, 3.63) is 41.8 Å². The zero-order valence-electron chi connectivity index (χ0n) is 6.65. The molecular weight excluding hydrogens is 120 g/mol. The highest BCUT2D eigenvalue weighted by Gasteiger charge is 1.93. The Labute approximate surface area is 62.9 Å². The van der Waals surface area contributed by atoms with Crippen molar-refractivity contribution in [1.29, 1.82) is 0 Å². The highest BCUT2D eigenvalue weighted by Crippen LogP contribution is 2.09. The van der Waals surface area contributed by atoms with Gasteiger partial charge in [0, 0.05) is 0 Å². The number of hydrogen-bond acceptors (Lipinski definition) is 0. The minimum absolute atomic E-state index is 0.895. The van der Waals surface area contributed by atoms with E-state index < -0.39 is 0 Å². The fourth-order valence-corrected chi connectivity index (χ4v) is 1.13. The van der Waals surface area contributed by atoms with Crippen LogP contribution >= 0.6 is 0 Å². The average molecular weight is 133 g/mol. The Morgan fingerprint density at radius 2 is 2.00 bits per heavy atom. The van der Waals surface area contributed by atoms with Crippen molar-refractivity contribution in [2.24, 2.45) is 0 Å². The second kappa shape index (κ2) is 2.87. The Kier molecular flexibility index (Phi) is 2.10. The number of hydrogen-bond donors (Lipinski definition) is 0. The summed E-state index contributed by atoms with van der Waals surface area (Å²) in [5.41, 5.74) is 4.04. The summed E-state index contributed by atoms with van der Waals surface area (Å²) in [5, 5.41) is 0. The molecule has 1 radical (unpaired) electrons. The quantitative estimate of drug-likeness (QED) is 0.552. The first-order chi connectivity index (χ1) is 4.74. The van der Waals surface area contributed by atoms with E-state index in [-0.39, 0.29) is 0 Å². The van der Waals surface area contributed by atoms with Gasteiger partial charge in [-0.2, -0.15) is 0 Å². The molecule has 1 aromatic rings. The lowest BCUT2D eigenvalue weighted by atomic mass is 10.0.